The number of halogens is 3. The topological polar surface area (TPSA) is 66.7 Å². The van der Waals surface area contributed by atoms with Gasteiger partial charge in [0, 0.05) is 43.5 Å². The summed E-state index contributed by atoms with van der Waals surface area (Å²) in [7, 11) is 0. The Bertz CT molecular complexity index is 892. The first-order valence-corrected chi connectivity index (χ1v) is 8.61. The van der Waals surface area contributed by atoms with Crippen molar-refractivity contribution in [2.24, 2.45) is 0 Å². The number of nitro benzene ring substituents is 1. The molecule has 9 heteroatoms. The highest BCUT2D eigenvalue weighted by Gasteiger charge is 2.31. The van der Waals surface area contributed by atoms with E-state index in [0.717, 1.165) is 17.8 Å². The molecule has 1 heterocycles. The largest absolute Gasteiger partial charge is 0.368 e. The van der Waals surface area contributed by atoms with Crippen LogP contribution in [0.15, 0.2) is 36.4 Å². The summed E-state index contributed by atoms with van der Waals surface area (Å²) in [5, 5.41) is 10.6. The van der Waals surface area contributed by atoms with Crippen molar-refractivity contribution in [3.05, 3.63) is 68.7 Å². The van der Waals surface area contributed by atoms with Crippen LogP contribution in [0.1, 0.15) is 17.3 Å². The Morgan fingerprint density at radius 1 is 1.19 bits per heavy atom. The fourth-order valence-corrected chi connectivity index (χ4v) is 3.37. The molecule has 0 bridgehead atoms. The molecule has 142 valence electrons. The fourth-order valence-electron chi connectivity index (χ4n) is 3.15. The number of non-ortho nitro benzene ring substituents is 1. The maximum atomic E-state index is 14.1. The molecule has 1 fully saturated rings. The zero-order chi connectivity index (χ0) is 19.7. The fraction of sp³-hybridized carbons (Fsp3) is 0.278. The lowest BCUT2D eigenvalue weighted by Gasteiger charge is -2.41. The van der Waals surface area contributed by atoms with E-state index in [1.165, 1.54) is 17.0 Å². The van der Waals surface area contributed by atoms with Crippen LogP contribution in [0, 0.1) is 21.7 Å². The van der Waals surface area contributed by atoms with E-state index in [2.05, 4.69) is 0 Å². The standard InChI is InChI=1S/C18H16ClF2N3O3/c1-11-10-22(12-2-4-13(5-3-12)24(26)27)8-9-23(11)18(25)16-14(19)6-7-15(20)17(16)21/h2-7,11H,8-10H2,1H3. The van der Waals surface area contributed by atoms with Gasteiger partial charge in [0.2, 0.25) is 0 Å². The molecule has 0 aromatic heterocycles. The molecule has 2 aromatic carbocycles. The average Bonchev–Trinajstić information content (AvgIpc) is 2.65. The van der Waals surface area contributed by atoms with Gasteiger partial charge in [-0.25, -0.2) is 8.78 Å². The normalized spacial score (nSPS) is 17.1. The summed E-state index contributed by atoms with van der Waals surface area (Å²) >= 11 is 5.91. The third-order valence-electron chi connectivity index (χ3n) is 4.57. The van der Waals surface area contributed by atoms with Crippen LogP contribution in [0.5, 0.6) is 0 Å². The first-order valence-electron chi connectivity index (χ1n) is 8.23. The molecule has 0 aliphatic carbocycles. The number of nitro groups is 1. The third kappa shape index (κ3) is 3.71. The minimum Gasteiger partial charge on any atom is -0.368 e. The molecule has 1 aliphatic heterocycles. The summed E-state index contributed by atoms with van der Waals surface area (Å²) < 4.78 is 27.6. The molecule has 1 atom stereocenters. The number of hydrogen-bond acceptors (Lipinski definition) is 4. The van der Waals surface area contributed by atoms with Crippen LogP contribution in [0.4, 0.5) is 20.2 Å². The summed E-state index contributed by atoms with van der Waals surface area (Å²) in [6.45, 7) is 2.96. The monoisotopic (exact) mass is 395 g/mol. The van der Waals surface area contributed by atoms with Crippen molar-refractivity contribution in [1.29, 1.82) is 0 Å². The number of benzene rings is 2. The van der Waals surface area contributed by atoms with Crippen molar-refractivity contribution in [2.45, 2.75) is 13.0 Å². The summed E-state index contributed by atoms with van der Waals surface area (Å²) in [4.78, 5) is 26.4. The summed E-state index contributed by atoms with van der Waals surface area (Å²) in [5.41, 5.74) is 0.318. The zero-order valence-corrected chi connectivity index (χ0v) is 15.1. The number of rotatable bonds is 3. The molecule has 0 radical (unpaired) electrons. The smallest absolute Gasteiger partial charge is 0.269 e. The predicted octanol–water partition coefficient (Wildman–Crippen LogP) is 3.88. The van der Waals surface area contributed by atoms with Crippen molar-refractivity contribution in [1.82, 2.24) is 4.90 Å². The SMILES string of the molecule is CC1CN(c2ccc([N+](=O)[O-])cc2)CCN1C(=O)c1c(Cl)ccc(F)c1F. The Hall–Kier alpha value is -2.74. The van der Waals surface area contributed by atoms with Gasteiger partial charge >= 0.3 is 0 Å². The number of hydrogen-bond donors (Lipinski definition) is 0. The summed E-state index contributed by atoms with van der Waals surface area (Å²) in [5.74, 6) is -3.04. The minimum absolute atomic E-state index is 0.00293. The highest BCUT2D eigenvalue weighted by atomic mass is 35.5. The van der Waals surface area contributed by atoms with Crippen LogP contribution in [0.2, 0.25) is 5.02 Å². The van der Waals surface area contributed by atoms with Gasteiger partial charge in [-0.05, 0) is 31.2 Å². The maximum Gasteiger partial charge on any atom is 0.269 e. The highest BCUT2D eigenvalue weighted by molar-refractivity contribution is 6.33. The van der Waals surface area contributed by atoms with Gasteiger partial charge in [0.05, 0.1) is 15.5 Å². The van der Waals surface area contributed by atoms with Gasteiger partial charge < -0.3 is 9.80 Å². The Morgan fingerprint density at radius 3 is 2.44 bits per heavy atom. The number of piperazine rings is 1. The number of carbonyl (C=O) groups is 1. The Morgan fingerprint density at radius 2 is 1.85 bits per heavy atom. The highest BCUT2D eigenvalue weighted by Crippen LogP contribution is 2.27. The van der Waals surface area contributed by atoms with Crippen LogP contribution < -0.4 is 4.90 Å². The van der Waals surface area contributed by atoms with Crippen molar-refractivity contribution in [2.75, 3.05) is 24.5 Å². The molecular formula is C18H16ClF2N3O3. The molecule has 3 rings (SSSR count). The van der Waals surface area contributed by atoms with Crippen molar-refractivity contribution in [3.63, 3.8) is 0 Å². The lowest BCUT2D eigenvalue weighted by atomic mass is 10.1. The van der Waals surface area contributed by atoms with Gasteiger partial charge in [-0.3, -0.25) is 14.9 Å². The second kappa shape index (κ2) is 7.48. The molecule has 0 saturated carbocycles. The van der Waals surface area contributed by atoms with Crippen LogP contribution in [0.25, 0.3) is 0 Å². The molecular weight excluding hydrogens is 380 g/mol. The molecule has 1 saturated heterocycles. The predicted molar refractivity (Wildman–Crippen MR) is 97.2 cm³/mol. The van der Waals surface area contributed by atoms with Gasteiger partial charge in [-0.1, -0.05) is 11.6 Å². The number of nitrogens with zero attached hydrogens (tertiary/aromatic N) is 3. The molecule has 1 aliphatic rings. The van der Waals surface area contributed by atoms with Gasteiger partial charge in [0.25, 0.3) is 11.6 Å². The van der Waals surface area contributed by atoms with Crippen molar-refractivity contribution >= 4 is 28.9 Å². The quantitative estimate of drug-likeness (QED) is 0.449. The number of carbonyl (C=O) groups excluding carboxylic acids is 1. The first kappa shape index (κ1) is 19.0. The molecule has 0 N–H and O–H groups in total. The van der Waals surface area contributed by atoms with Gasteiger partial charge in [0.1, 0.15) is 0 Å². The van der Waals surface area contributed by atoms with E-state index in [1.807, 2.05) is 4.90 Å². The van der Waals surface area contributed by atoms with Crippen molar-refractivity contribution < 1.29 is 18.5 Å². The third-order valence-corrected chi connectivity index (χ3v) is 4.89. The second-order valence-corrected chi connectivity index (χ2v) is 6.69. The summed E-state index contributed by atoms with van der Waals surface area (Å²) in [6.07, 6.45) is 0. The number of anilines is 1. The molecule has 0 spiro atoms. The number of amides is 1. The Balaban J connectivity index is 1.76. The zero-order valence-electron chi connectivity index (χ0n) is 14.4. The molecule has 1 amide bonds. The Labute approximate surface area is 159 Å². The van der Waals surface area contributed by atoms with Crippen LogP contribution in [-0.4, -0.2) is 41.4 Å². The van der Waals surface area contributed by atoms with Gasteiger partial charge in [-0.2, -0.15) is 0 Å². The van der Waals surface area contributed by atoms with Crippen LogP contribution in [0.3, 0.4) is 0 Å². The lowest BCUT2D eigenvalue weighted by molar-refractivity contribution is -0.384. The average molecular weight is 396 g/mol. The maximum absolute atomic E-state index is 14.1. The molecule has 27 heavy (non-hydrogen) atoms. The lowest BCUT2D eigenvalue weighted by Crippen LogP contribution is -2.54. The molecule has 6 nitrogen and oxygen atoms in total. The van der Waals surface area contributed by atoms with Gasteiger partial charge in [0.15, 0.2) is 11.6 Å². The van der Waals surface area contributed by atoms with E-state index in [9.17, 15) is 23.7 Å². The van der Waals surface area contributed by atoms with Crippen molar-refractivity contribution in [3.8, 4) is 0 Å². The van der Waals surface area contributed by atoms with E-state index in [4.69, 9.17) is 11.6 Å². The van der Waals surface area contributed by atoms with E-state index in [0.29, 0.717) is 13.1 Å². The van der Waals surface area contributed by atoms with E-state index >= 15 is 0 Å². The Kier molecular flexibility index (Phi) is 5.27. The second-order valence-electron chi connectivity index (χ2n) is 6.29. The van der Waals surface area contributed by atoms with E-state index in [-0.39, 0.29) is 23.3 Å². The molecule has 1 unspecified atom stereocenters. The first-order chi connectivity index (χ1) is 12.8. The summed E-state index contributed by atoms with van der Waals surface area (Å²) in [6, 6.07) is 7.87. The van der Waals surface area contributed by atoms with Gasteiger partial charge in [-0.15, -0.1) is 0 Å². The van der Waals surface area contributed by atoms with E-state index < -0.39 is 28.0 Å². The minimum atomic E-state index is -1.25. The van der Waals surface area contributed by atoms with Crippen LogP contribution in [-0.2, 0) is 0 Å². The van der Waals surface area contributed by atoms with Crippen LogP contribution >= 0.6 is 11.6 Å². The molecule has 2 aromatic rings. The van der Waals surface area contributed by atoms with E-state index in [1.54, 1.807) is 19.1 Å².